The monoisotopic (exact) mass is 294 g/mol. The van der Waals surface area contributed by atoms with Gasteiger partial charge in [-0.1, -0.05) is 11.8 Å². The van der Waals surface area contributed by atoms with E-state index in [0.29, 0.717) is 12.1 Å². The van der Waals surface area contributed by atoms with E-state index in [1.807, 2.05) is 0 Å². The summed E-state index contributed by atoms with van der Waals surface area (Å²) in [5.41, 5.74) is -0.902. The molecule has 0 saturated carbocycles. The number of carbonyl (C=O) groups is 1. The van der Waals surface area contributed by atoms with Crippen molar-refractivity contribution in [1.82, 2.24) is 0 Å². The van der Waals surface area contributed by atoms with E-state index < -0.39 is 35.2 Å². The van der Waals surface area contributed by atoms with Gasteiger partial charge in [-0.2, -0.15) is 0 Å². The van der Waals surface area contributed by atoms with Crippen molar-refractivity contribution in [2.24, 2.45) is 0 Å². The second-order valence-corrected chi connectivity index (χ2v) is 5.17. The van der Waals surface area contributed by atoms with E-state index in [1.165, 1.54) is 6.92 Å². The van der Waals surface area contributed by atoms with Gasteiger partial charge in [0, 0.05) is 12.7 Å². The molecule has 7 heteroatoms. The number of hydrogen-bond donors (Lipinski definition) is 2. The summed E-state index contributed by atoms with van der Waals surface area (Å²) in [6, 6.07) is 1.27. The van der Waals surface area contributed by atoms with E-state index in [1.54, 1.807) is 0 Å². The minimum atomic E-state index is -1.89. The number of carbonyl (C=O) groups excluding carboxylic acids is 1. The first-order valence-electron chi connectivity index (χ1n) is 5.47. The molecule has 2 unspecified atom stereocenters. The van der Waals surface area contributed by atoms with Crippen molar-refractivity contribution in [2.45, 2.75) is 25.6 Å². The van der Waals surface area contributed by atoms with E-state index in [2.05, 4.69) is 0 Å². The normalized spacial score (nSPS) is 14.2. The molecule has 0 aliphatic carbocycles. The summed E-state index contributed by atoms with van der Waals surface area (Å²) in [7, 11) is 0. The summed E-state index contributed by atoms with van der Waals surface area (Å²) in [4.78, 5) is 10.7. The van der Waals surface area contributed by atoms with Crippen molar-refractivity contribution < 1.29 is 28.2 Å². The highest BCUT2D eigenvalue weighted by atomic mass is 32.2. The summed E-state index contributed by atoms with van der Waals surface area (Å²) in [6.45, 7) is 1.33. The lowest BCUT2D eigenvalue weighted by Crippen LogP contribution is -2.22. The molecular formula is C12H13F3O3S. The standard InChI is InChI=1S/C12H13F3O3S/c1-6(16)19-5-4-9(17)12(18)10-7(13)2-3-8(14)11(10)15/h2-3,9,12,17-18H,4-5H2,1H3. The highest BCUT2D eigenvalue weighted by Gasteiger charge is 2.26. The Morgan fingerprint density at radius 3 is 2.42 bits per heavy atom. The van der Waals surface area contributed by atoms with Crippen LogP contribution in [0.25, 0.3) is 0 Å². The molecule has 0 bridgehead atoms. The van der Waals surface area contributed by atoms with Crippen LogP contribution in [0.5, 0.6) is 0 Å². The van der Waals surface area contributed by atoms with E-state index in [-0.39, 0.29) is 17.3 Å². The van der Waals surface area contributed by atoms with Crippen molar-refractivity contribution in [2.75, 3.05) is 5.75 Å². The zero-order valence-corrected chi connectivity index (χ0v) is 10.9. The minimum absolute atomic E-state index is 0.0548. The van der Waals surface area contributed by atoms with Crippen LogP contribution in [0, 0.1) is 17.5 Å². The second-order valence-electron chi connectivity index (χ2n) is 3.90. The van der Waals surface area contributed by atoms with Gasteiger partial charge in [-0.15, -0.1) is 0 Å². The first kappa shape index (κ1) is 16.0. The minimum Gasteiger partial charge on any atom is -0.390 e. The third-order valence-corrected chi connectivity index (χ3v) is 3.30. The van der Waals surface area contributed by atoms with Gasteiger partial charge in [0.1, 0.15) is 11.9 Å². The van der Waals surface area contributed by atoms with E-state index >= 15 is 0 Å². The maximum Gasteiger partial charge on any atom is 0.185 e. The molecule has 3 nitrogen and oxygen atoms in total. The van der Waals surface area contributed by atoms with Crippen molar-refractivity contribution in [3.63, 3.8) is 0 Å². The molecule has 0 fully saturated rings. The SMILES string of the molecule is CC(=O)SCCC(O)C(O)c1c(F)ccc(F)c1F. The van der Waals surface area contributed by atoms with Crippen LogP contribution in [0.1, 0.15) is 25.0 Å². The number of aliphatic hydroxyl groups excluding tert-OH is 2. The lowest BCUT2D eigenvalue weighted by Gasteiger charge is -2.19. The number of benzene rings is 1. The average Bonchev–Trinajstić information content (AvgIpc) is 2.33. The van der Waals surface area contributed by atoms with Crippen molar-refractivity contribution in [3.05, 3.63) is 35.1 Å². The van der Waals surface area contributed by atoms with E-state index in [0.717, 1.165) is 11.8 Å². The maximum atomic E-state index is 13.4. The molecule has 2 atom stereocenters. The molecule has 1 aromatic carbocycles. The molecule has 0 spiro atoms. The van der Waals surface area contributed by atoms with Gasteiger partial charge in [-0.05, 0) is 18.6 Å². The van der Waals surface area contributed by atoms with Crippen LogP contribution in [0.15, 0.2) is 12.1 Å². The van der Waals surface area contributed by atoms with Crippen molar-refractivity contribution in [1.29, 1.82) is 0 Å². The van der Waals surface area contributed by atoms with Gasteiger partial charge in [-0.25, -0.2) is 13.2 Å². The molecule has 2 N–H and O–H groups in total. The van der Waals surface area contributed by atoms with Gasteiger partial charge in [0.15, 0.2) is 16.7 Å². The number of halogens is 3. The summed E-state index contributed by atoms with van der Waals surface area (Å²) < 4.78 is 39.7. The Morgan fingerprint density at radius 1 is 1.26 bits per heavy atom. The molecule has 1 aromatic rings. The highest BCUT2D eigenvalue weighted by molar-refractivity contribution is 8.13. The summed E-state index contributed by atoms with van der Waals surface area (Å²) in [5.74, 6) is -3.78. The third-order valence-electron chi connectivity index (χ3n) is 2.46. The lowest BCUT2D eigenvalue weighted by molar-refractivity contribution is -0.109. The van der Waals surface area contributed by atoms with Gasteiger partial charge < -0.3 is 10.2 Å². The Hall–Kier alpha value is -1.05. The van der Waals surface area contributed by atoms with Crippen molar-refractivity contribution in [3.8, 4) is 0 Å². The smallest absolute Gasteiger partial charge is 0.185 e. The Bertz CT molecular complexity index is 468. The topological polar surface area (TPSA) is 57.5 Å². The van der Waals surface area contributed by atoms with Gasteiger partial charge in [0.25, 0.3) is 0 Å². The Kier molecular flexibility index (Phi) is 5.84. The van der Waals surface area contributed by atoms with Gasteiger partial charge in [0.05, 0.1) is 11.7 Å². The van der Waals surface area contributed by atoms with Crippen LogP contribution in [-0.4, -0.2) is 27.2 Å². The molecule has 19 heavy (non-hydrogen) atoms. The molecule has 0 saturated heterocycles. The second kappa shape index (κ2) is 6.93. The van der Waals surface area contributed by atoms with E-state index in [4.69, 9.17) is 0 Å². The molecule has 0 heterocycles. The molecular weight excluding hydrogens is 281 g/mol. The van der Waals surface area contributed by atoms with Crippen molar-refractivity contribution >= 4 is 16.9 Å². The third kappa shape index (κ3) is 4.22. The van der Waals surface area contributed by atoms with Gasteiger partial charge in [-0.3, -0.25) is 4.79 Å². The summed E-state index contributed by atoms with van der Waals surface area (Å²) in [5, 5.41) is 19.1. The van der Waals surface area contributed by atoms with Crippen LogP contribution in [0.2, 0.25) is 0 Å². The summed E-state index contributed by atoms with van der Waals surface area (Å²) >= 11 is 0.912. The maximum absolute atomic E-state index is 13.4. The molecule has 0 aliphatic heterocycles. The largest absolute Gasteiger partial charge is 0.390 e. The molecule has 0 aliphatic rings. The fourth-order valence-corrected chi connectivity index (χ4v) is 2.13. The predicted molar refractivity (Wildman–Crippen MR) is 65.0 cm³/mol. The van der Waals surface area contributed by atoms with Gasteiger partial charge >= 0.3 is 0 Å². The molecule has 0 radical (unpaired) electrons. The van der Waals surface area contributed by atoms with Crippen LogP contribution in [0.3, 0.4) is 0 Å². The number of rotatable bonds is 5. The number of thioether (sulfide) groups is 1. The van der Waals surface area contributed by atoms with Crippen LogP contribution in [0.4, 0.5) is 13.2 Å². The predicted octanol–water partition coefficient (Wildman–Crippen LogP) is 2.17. The number of hydrogen-bond acceptors (Lipinski definition) is 4. The Morgan fingerprint density at radius 2 is 1.84 bits per heavy atom. The average molecular weight is 294 g/mol. The molecule has 0 aromatic heterocycles. The quantitative estimate of drug-likeness (QED) is 0.817. The van der Waals surface area contributed by atoms with Crippen LogP contribution < -0.4 is 0 Å². The molecule has 0 amide bonds. The number of aliphatic hydroxyl groups is 2. The molecule has 106 valence electrons. The van der Waals surface area contributed by atoms with Gasteiger partial charge in [0.2, 0.25) is 0 Å². The Balaban J connectivity index is 2.79. The highest BCUT2D eigenvalue weighted by Crippen LogP contribution is 2.27. The Labute approximate surface area is 112 Å². The first-order chi connectivity index (χ1) is 8.84. The first-order valence-corrected chi connectivity index (χ1v) is 6.46. The zero-order chi connectivity index (χ0) is 14.6. The fourth-order valence-electron chi connectivity index (χ4n) is 1.49. The van der Waals surface area contributed by atoms with Crippen LogP contribution >= 0.6 is 11.8 Å². The van der Waals surface area contributed by atoms with Crippen LogP contribution in [-0.2, 0) is 4.79 Å². The fraction of sp³-hybridized carbons (Fsp3) is 0.417. The molecule has 1 rings (SSSR count). The zero-order valence-electron chi connectivity index (χ0n) is 10.1. The lowest BCUT2D eigenvalue weighted by atomic mass is 10.0. The summed E-state index contributed by atoms with van der Waals surface area (Å²) in [6.07, 6.45) is -3.43. The van der Waals surface area contributed by atoms with E-state index in [9.17, 15) is 28.2 Å².